The smallest absolute Gasteiger partial charge is 0.266 e. The van der Waals surface area contributed by atoms with Crippen molar-refractivity contribution in [2.24, 2.45) is 4.99 Å². The molecule has 0 aliphatic carbocycles. The first-order valence-electron chi connectivity index (χ1n) is 3.09. The maximum atomic E-state index is 10.8. The lowest BCUT2D eigenvalue weighted by atomic mass is 10.3. The van der Waals surface area contributed by atoms with Crippen molar-refractivity contribution < 1.29 is 13.5 Å². The second-order valence-electron chi connectivity index (χ2n) is 2.16. The van der Waals surface area contributed by atoms with E-state index in [9.17, 15) is 8.42 Å². The highest BCUT2D eigenvalue weighted by molar-refractivity contribution is 8.17. The summed E-state index contributed by atoms with van der Waals surface area (Å²) < 4.78 is 21.7. The van der Waals surface area contributed by atoms with E-state index in [0.717, 1.165) is 0 Å². The van der Waals surface area contributed by atoms with Crippen LogP contribution in [0.4, 0.5) is 0 Å². The van der Waals surface area contributed by atoms with Gasteiger partial charge in [-0.05, 0) is 13.8 Å². The van der Waals surface area contributed by atoms with Crippen LogP contribution in [-0.2, 0) is 9.05 Å². The highest BCUT2D eigenvalue weighted by Gasteiger charge is 2.20. The third-order valence-corrected chi connectivity index (χ3v) is 2.78. The van der Waals surface area contributed by atoms with Crippen LogP contribution in [0.3, 0.4) is 0 Å². The van der Waals surface area contributed by atoms with Gasteiger partial charge in [0.1, 0.15) is 10.7 Å². The molecule has 0 aliphatic rings. The van der Waals surface area contributed by atoms with Gasteiger partial charge in [-0.25, -0.2) is 8.42 Å². The van der Waals surface area contributed by atoms with E-state index < -0.39 is 9.05 Å². The van der Waals surface area contributed by atoms with Gasteiger partial charge in [0.15, 0.2) is 0 Å². The molecule has 12 heavy (non-hydrogen) atoms. The van der Waals surface area contributed by atoms with Gasteiger partial charge in [-0.1, -0.05) is 0 Å². The van der Waals surface area contributed by atoms with E-state index in [0.29, 0.717) is 0 Å². The molecule has 70 valence electrons. The average Bonchev–Trinajstić information content (AvgIpc) is 1.83. The van der Waals surface area contributed by atoms with Gasteiger partial charge < -0.3 is 5.11 Å². The Labute approximate surface area is 76.0 Å². The molecular formula is C6H10ClNO3S. The van der Waals surface area contributed by atoms with Crippen LogP contribution in [0.15, 0.2) is 15.7 Å². The summed E-state index contributed by atoms with van der Waals surface area (Å²) in [6.07, 6.45) is 0. The van der Waals surface area contributed by atoms with Crippen LogP contribution in [0.1, 0.15) is 13.8 Å². The molecule has 0 aromatic heterocycles. The molecular weight excluding hydrogens is 202 g/mol. The zero-order valence-corrected chi connectivity index (χ0v) is 8.57. The summed E-state index contributed by atoms with van der Waals surface area (Å²) in [6.45, 7) is 2.69. The number of allylic oxidation sites excluding steroid dienone is 2. The van der Waals surface area contributed by atoms with E-state index in [1.165, 1.54) is 20.9 Å². The van der Waals surface area contributed by atoms with E-state index in [-0.39, 0.29) is 16.4 Å². The van der Waals surface area contributed by atoms with Gasteiger partial charge in [0.25, 0.3) is 9.05 Å². The van der Waals surface area contributed by atoms with Gasteiger partial charge in [-0.3, -0.25) is 4.99 Å². The first-order chi connectivity index (χ1) is 5.30. The molecule has 6 heteroatoms. The highest BCUT2D eigenvalue weighted by atomic mass is 35.7. The number of aliphatic hydroxyl groups excluding tert-OH is 1. The van der Waals surface area contributed by atoms with Crippen molar-refractivity contribution in [3.05, 3.63) is 10.7 Å². The summed E-state index contributed by atoms with van der Waals surface area (Å²) in [6, 6.07) is 0. The van der Waals surface area contributed by atoms with E-state index in [4.69, 9.17) is 15.8 Å². The SMILES string of the molecule is C/N=C(C)\C(=C(\C)O)S(=O)(=O)Cl. The van der Waals surface area contributed by atoms with Crippen molar-refractivity contribution >= 4 is 25.4 Å². The van der Waals surface area contributed by atoms with Gasteiger partial charge in [-0.15, -0.1) is 0 Å². The van der Waals surface area contributed by atoms with Gasteiger partial charge in [-0.2, -0.15) is 0 Å². The van der Waals surface area contributed by atoms with Gasteiger partial charge >= 0.3 is 0 Å². The van der Waals surface area contributed by atoms with Crippen LogP contribution >= 0.6 is 10.7 Å². The Morgan fingerprint density at radius 1 is 1.42 bits per heavy atom. The minimum atomic E-state index is -3.90. The van der Waals surface area contributed by atoms with Crippen LogP contribution < -0.4 is 0 Å². The minimum Gasteiger partial charge on any atom is -0.511 e. The zero-order chi connectivity index (χ0) is 9.94. The average molecular weight is 212 g/mol. The Kier molecular flexibility index (Phi) is 3.73. The predicted octanol–water partition coefficient (Wildman–Crippen LogP) is 1.44. The molecule has 0 amide bonds. The third-order valence-electron chi connectivity index (χ3n) is 1.24. The summed E-state index contributed by atoms with van der Waals surface area (Å²) >= 11 is 0. The topological polar surface area (TPSA) is 66.7 Å². The molecule has 0 radical (unpaired) electrons. The predicted molar refractivity (Wildman–Crippen MR) is 49.1 cm³/mol. The Hall–Kier alpha value is -0.550. The Balaban J connectivity index is 5.44. The van der Waals surface area contributed by atoms with Crippen LogP contribution in [0.2, 0.25) is 0 Å². The Morgan fingerprint density at radius 2 is 1.83 bits per heavy atom. The van der Waals surface area contributed by atoms with Crippen LogP contribution in [0.25, 0.3) is 0 Å². The molecule has 0 spiro atoms. The second-order valence-corrected chi connectivity index (χ2v) is 4.66. The van der Waals surface area contributed by atoms with E-state index in [2.05, 4.69) is 4.99 Å². The molecule has 4 nitrogen and oxygen atoms in total. The van der Waals surface area contributed by atoms with Crippen LogP contribution in [0.5, 0.6) is 0 Å². The molecule has 0 atom stereocenters. The number of rotatable bonds is 2. The molecule has 0 saturated heterocycles. The fourth-order valence-electron chi connectivity index (χ4n) is 0.716. The second kappa shape index (κ2) is 3.91. The molecule has 0 rings (SSSR count). The molecule has 0 fully saturated rings. The quantitative estimate of drug-likeness (QED) is 0.427. The Morgan fingerprint density at radius 3 is 1.92 bits per heavy atom. The lowest BCUT2D eigenvalue weighted by molar-refractivity contribution is 0.413. The summed E-state index contributed by atoms with van der Waals surface area (Å²) in [5.41, 5.74) is 0.185. The first-order valence-corrected chi connectivity index (χ1v) is 5.40. The largest absolute Gasteiger partial charge is 0.511 e. The molecule has 0 aromatic carbocycles. The zero-order valence-electron chi connectivity index (χ0n) is 7.00. The molecule has 0 unspecified atom stereocenters. The summed E-state index contributed by atoms with van der Waals surface area (Å²) in [7, 11) is 2.55. The number of nitrogens with zero attached hydrogens (tertiary/aromatic N) is 1. The lowest BCUT2D eigenvalue weighted by Gasteiger charge is -2.02. The molecule has 1 N–H and O–H groups in total. The number of aliphatic hydroxyl groups is 1. The minimum absolute atomic E-state index is 0.185. The number of aliphatic imine (C=N–C) groups is 1. The normalized spacial score (nSPS) is 15.8. The Bertz CT molecular complexity index is 325. The molecule has 0 bridgehead atoms. The van der Waals surface area contributed by atoms with Crippen LogP contribution in [-0.4, -0.2) is 26.3 Å². The van der Waals surface area contributed by atoms with E-state index in [1.807, 2.05) is 0 Å². The standard InChI is InChI=1S/C6H10ClNO3S/c1-4(8-3)6(5(2)9)12(7,10)11/h9H,1-3H3/b6-5+,8-4-. The summed E-state index contributed by atoms with van der Waals surface area (Å²) in [4.78, 5) is 3.28. The van der Waals surface area contributed by atoms with Crippen molar-refractivity contribution in [1.82, 2.24) is 0 Å². The van der Waals surface area contributed by atoms with Gasteiger partial charge in [0.05, 0.1) is 5.71 Å². The molecule has 0 aromatic rings. The number of halogens is 1. The maximum Gasteiger partial charge on any atom is 0.266 e. The first kappa shape index (κ1) is 11.4. The van der Waals surface area contributed by atoms with E-state index >= 15 is 0 Å². The number of hydrogen-bond acceptors (Lipinski definition) is 4. The van der Waals surface area contributed by atoms with Crippen molar-refractivity contribution in [2.75, 3.05) is 7.05 Å². The van der Waals surface area contributed by atoms with Gasteiger partial charge in [0, 0.05) is 17.7 Å². The summed E-state index contributed by atoms with van der Waals surface area (Å²) in [5, 5.41) is 8.98. The fourth-order valence-corrected chi connectivity index (χ4v) is 2.18. The molecule has 0 saturated carbocycles. The fraction of sp³-hybridized carbons (Fsp3) is 0.500. The van der Waals surface area contributed by atoms with Crippen LogP contribution in [0, 0.1) is 0 Å². The van der Waals surface area contributed by atoms with Crippen molar-refractivity contribution in [2.45, 2.75) is 13.8 Å². The third kappa shape index (κ3) is 2.83. The van der Waals surface area contributed by atoms with Crippen molar-refractivity contribution in [1.29, 1.82) is 0 Å². The summed E-state index contributed by atoms with van der Waals surface area (Å²) in [5.74, 6) is -0.354. The highest BCUT2D eigenvalue weighted by Crippen LogP contribution is 2.16. The van der Waals surface area contributed by atoms with Gasteiger partial charge in [0.2, 0.25) is 0 Å². The maximum absolute atomic E-state index is 10.8. The van der Waals surface area contributed by atoms with E-state index in [1.54, 1.807) is 0 Å². The molecule has 0 aliphatic heterocycles. The number of hydrogen-bond donors (Lipinski definition) is 1. The lowest BCUT2D eigenvalue weighted by Crippen LogP contribution is -2.08. The van der Waals surface area contributed by atoms with Crippen molar-refractivity contribution in [3.8, 4) is 0 Å². The van der Waals surface area contributed by atoms with Crippen molar-refractivity contribution in [3.63, 3.8) is 0 Å². The molecule has 0 heterocycles. The monoisotopic (exact) mass is 211 g/mol.